The van der Waals surface area contributed by atoms with Crippen molar-refractivity contribution in [3.05, 3.63) is 35.7 Å². The number of carbonyl (C=O) groups is 1. The Labute approximate surface area is 128 Å². The van der Waals surface area contributed by atoms with Gasteiger partial charge in [0.15, 0.2) is 0 Å². The number of rotatable bonds is 4. The summed E-state index contributed by atoms with van der Waals surface area (Å²) in [7, 11) is 0. The van der Waals surface area contributed by atoms with Gasteiger partial charge in [0, 0.05) is 5.69 Å². The molecule has 0 unspecified atom stereocenters. The zero-order valence-electron chi connectivity index (χ0n) is 12.7. The van der Waals surface area contributed by atoms with Crippen LogP contribution in [0.4, 0.5) is 5.69 Å². The molecule has 1 aromatic heterocycles. The fraction of sp³-hybridized carbons (Fsp3) is 0.400. The molecule has 1 aromatic carbocycles. The van der Waals surface area contributed by atoms with E-state index in [0.717, 1.165) is 11.5 Å². The number of hydrogen-bond donors (Lipinski definition) is 2. The Balaban J connectivity index is 1.88. The third kappa shape index (κ3) is 4.60. The zero-order valence-corrected chi connectivity index (χ0v) is 13.5. The lowest BCUT2D eigenvalue weighted by Gasteiger charge is -2.19. The highest BCUT2D eigenvalue weighted by Gasteiger charge is 2.13. The number of nitrogens with zero attached hydrogens (tertiary/aromatic N) is 2. The highest BCUT2D eigenvalue weighted by molar-refractivity contribution is 7.99. The third-order valence-corrected chi connectivity index (χ3v) is 3.79. The van der Waals surface area contributed by atoms with Crippen molar-refractivity contribution < 1.29 is 4.79 Å². The summed E-state index contributed by atoms with van der Waals surface area (Å²) in [6, 6.07) is 7.95. The number of amides is 1. The van der Waals surface area contributed by atoms with Crippen molar-refractivity contribution in [1.29, 1.82) is 0 Å². The van der Waals surface area contributed by atoms with Crippen molar-refractivity contribution in [2.75, 3.05) is 11.1 Å². The minimum absolute atomic E-state index is 0.0639. The normalized spacial score (nSPS) is 11.4. The predicted octanol–water partition coefficient (Wildman–Crippen LogP) is 3.14. The molecule has 2 rings (SSSR count). The number of H-pyrrole nitrogens is 1. The minimum Gasteiger partial charge on any atom is -0.325 e. The average Bonchev–Trinajstić information content (AvgIpc) is 2.82. The van der Waals surface area contributed by atoms with Gasteiger partial charge in [-0.25, -0.2) is 4.98 Å². The molecule has 0 saturated heterocycles. The summed E-state index contributed by atoms with van der Waals surface area (Å²) < 4.78 is 0. The Hall–Kier alpha value is -1.82. The van der Waals surface area contributed by atoms with E-state index in [1.807, 2.05) is 31.2 Å². The van der Waals surface area contributed by atoms with Gasteiger partial charge in [0.2, 0.25) is 11.1 Å². The molecule has 5 nitrogen and oxygen atoms in total. The lowest BCUT2D eigenvalue weighted by atomic mass is 9.87. The Morgan fingerprint density at radius 2 is 1.95 bits per heavy atom. The van der Waals surface area contributed by atoms with E-state index in [9.17, 15) is 4.79 Å². The fourth-order valence-corrected chi connectivity index (χ4v) is 2.41. The van der Waals surface area contributed by atoms with Crippen LogP contribution < -0.4 is 5.32 Å². The number of thioether (sulfide) groups is 1. The minimum atomic E-state index is -0.0639. The van der Waals surface area contributed by atoms with E-state index < -0.39 is 0 Å². The van der Waals surface area contributed by atoms with Crippen LogP contribution in [0.2, 0.25) is 0 Å². The molecule has 0 atom stereocenters. The first-order chi connectivity index (χ1) is 9.84. The summed E-state index contributed by atoms with van der Waals surface area (Å²) in [6.45, 7) is 8.32. The summed E-state index contributed by atoms with van der Waals surface area (Å²) >= 11 is 1.31. The summed E-state index contributed by atoms with van der Waals surface area (Å²) in [5.74, 6) is 0.972. The molecule has 2 N–H and O–H groups in total. The maximum absolute atomic E-state index is 11.9. The van der Waals surface area contributed by atoms with Crippen LogP contribution >= 0.6 is 11.8 Å². The molecule has 0 aliphatic rings. The van der Waals surface area contributed by atoms with Crippen molar-refractivity contribution in [3.63, 3.8) is 0 Å². The van der Waals surface area contributed by atoms with Gasteiger partial charge in [0.25, 0.3) is 0 Å². The summed E-state index contributed by atoms with van der Waals surface area (Å²) in [5, 5.41) is 10.2. The first-order valence-electron chi connectivity index (χ1n) is 6.77. The molecular formula is C15H20N4OS. The number of benzene rings is 1. The SMILES string of the molecule is Cc1nc(SCC(=O)Nc2ccc(C(C)(C)C)cc2)n[nH]1. The molecule has 21 heavy (non-hydrogen) atoms. The molecule has 0 saturated carbocycles. The van der Waals surface area contributed by atoms with Crippen LogP contribution in [-0.2, 0) is 10.2 Å². The second-order valence-corrected chi connectivity index (χ2v) is 6.81. The quantitative estimate of drug-likeness (QED) is 0.851. The molecule has 0 radical (unpaired) electrons. The first kappa shape index (κ1) is 15.6. The van der Waals surface area contributed by atoms with Gasteiger partial charge < -0.3 is 5.32 Å². The van der Waals surface area contributed by atoms with E-state index in [0.29, 0.717) is 5.16 Å². The molecule has 1 heterocycles. The van der Waals surface area contributed by atoms with Crippen LogP contribution in [0.5, 0.6) is 0 Å². The van der Waals surface area contributed by atoms with Crippen molar-refractivity contribution in [1.82, 2.24) is 15.2 Å². The topological polar surface area (TPSA) is 70.7 Å². The molecule has 0 aliphatic carbocycles. The standard InChI is InChI=1S/C15H20N4OS/c1-10-16-14(19-18-10)21-9-13(20)17-12-7-5-11(6-8-12)15(2,3)4/h5-8H,9H2,1-4H3,(H,17,20)(H,16,18,19). The van der Waals surface area contributed by atoms with Crippen molar-refractivity contribution in [2.24, 2.45) is 0 Å². The molecule has 6 heteroatoms. The number of aromatic amines is 1. The Morgan fingerprint density at radius 1 is 1.29 bits per heavy atom. The van der Waals surface area contributed by atoms with Crippen molar-refractivity contribution in [3.8, 4) is 0 Å². The number of aryl methyl sites for hydroxylation is 1. The monoisotopic (exact) mass is 304 g/mol. The molecule has 0 aliphatic heterocycles. The van der Waals surface area contributed by atoms with Crippen molar-refractivity contribution in [2.45, 2.75) is 38.3 Å². The highest BCUT2D eigenvalue weighted by Crippen LogP contribution is 2.23. The van der Waals surface area contributed by atoms with Gasteiger partial charge in [0.05, 0.1) is 5.75 Å². The van der Waals surface area contributed by atoms with Gasteiger partial charge in [-0.15, -0.1) is 5.10 Å². The Kier molecular flexibility index (Phi) is 4.67. The lowest BCUT2D eigenvalue weighted by Crippen LogP contribution is -2.15. The fourth-order valence-electron chi connectivity index (χ4n) is 1.77. The number of nitrogens with one attached hydrogen (secondary N) is 2. The largest absolute Gasteiger partial charge is 0.325 e. The van der Waals surface area contributed by atoms with Gasteiger partial charge in [-0.05, 0) is 30.0 Å². The number of aromatic nitrogens is 3. The van der Waals surface area contributed by atoms with Gasteiger partial charge in [-0.1, -0.05) is 44.7 Å². The van der Waals surface area contributed by atoms with Crippen LogP contribution in [0.1, 0.15) is 32.2 Å². The van der Waals surface area contributed by atoms with Gasteiger partial charge in [-0.3, -0.25) is 9.89 Å². The van der Waals surface area contributed by atoms with E-state index in [4.69, 9.17) is 0 Å². The first-order valence-corrected chi connectivity index (χ1v) is 7.75. The van der Waals surface area contributed by atoms with Crippen LogP contribution in [0.15, 0.2) is 29.4 Å². The van der Waals surface area contributed by atoms with Gasteiger partial charge in [0.1, 0.15) is 5.82 Å². The summed E-state index contributed by atoms with van der Waals surface area (Å²) in [5.41, 5.74) is 2.16. The summed E-state index contributed by atoms with van der Waals surface area (Å²) in [6.07, 6.45) is 0. The second kappa shape index (κ2) is 6.30. The van der Waals surface area contributed by atoms with Gasteiger partial charge >= 0.3 is 0 Å². The van der Waals surface area contributed by atoms with Crippen LogP contribution in [0.25, 0.3) is 0 Å². The van der Waals surface area contributed by atoms with E-state index in [2.05, 4.69) is 41.3 Å². The maximum atomic E-state index is 11.9. The van der Waals surface area contributed by atoms with E-state index in [-0.39, 0.29) is 17.1 Å². The summed E-state index contributed by atoms with van der Waals surface area (Å²) in [4.78, 5) is 16.0. The Bertz CT molecular complexity index is 613. The van der Waals surface area contributed by atoms with Gasteiger partial charge in [-0.2, -0.15) is 0 Å². The molecule has 2 aromatic rings. The van der Waals surface area contributed by atoms with Crippen LogP contribution in [-0.4, -0.2) is 26.8 Å². The zero-order chi connectivity index (χ0) is 15.5. The average molecular weight is 304 g/mol. The van der Waals surface area contributed by atoms with Crippen LogP contribution in [0, 0.1) is 6.92 Å². The molecule has 112 valence electrons. The van der Waals surface area contributed by atoms with Crippen molar-refractivity contribution >= 4 is 23.4 Å². The lowest BCUT2D eigenvalue weighted by molar-refractivity contribution is -0.113. The maximum Gasteiger partial charge on any atom is 0.234 e. The molecular weight excluding hydrogens is 284 g/mol. The number of carbonyl (C=O) groups excluding carboxylic acids is 1. The number of hydrogen-bond acceptors (Lipinski definition) is 4. The number of anilines is 1. The Morgan fingerprint density at radius 3 is 2.48 bits per heavy atom. The van der Waals surface area contributed by atoms with E-state index in [1.165, 1.54) is 17.3 Å². The third-order valence-electron chi connectivity index (χ3n) is 2.94. The highest BCUT2D eigenvalue weighted by atomic mass is 32.2. The predicted molar refractivity (Wildman–Crippen MR) is 85.6 cm³/mol. The molecule has 0 fully saturated rings. The molecule has 0 spiro atoms. The second-order valence-electron chi connectivity index (χ2n) is 5.87. The van der Waals surface area contributed by atoms with E-state index >= 15 is 0 Å². The molecule has 1 amide bonds. The van der Waals surface area contributed by atoms with E-state index in [1.54, 1.807) is 0 Å². The molecule has 0 bridgehead atoms. The van der Waals surface area contributed by atoms with Crippen LogP contribution in [0.3, 0.4) is 0 Å². The smallest absolute Gasteiger partial charge is 0.234 e.